The van der Waals surface area contributed by atoms with Gasteiger partial charge < -0.3 is 0 Å². The molecule has 6 nitrogen and oxygen atoms in total. The molecule has 2 heterocycles. The van der Waals surface area contributed by atoms with Crippen LogP contribution in [0, 0.1) is 6.92 Å². The number of thioether (sulfide) groups is 2. The van der Waals surface area contributed by atoms with Crippen LogP contribution in [0.4, 0.5) is 0 Å². The van der Waals surface area contributed by atoms with Gasteiger partial charge in [0.05, 0.1) is 16.7 Å². The van der Waals surface area contributed by atoms with Gasteiger partial charge in [-0.2, -0.15) is 5.10 Å². The van der Waals surface area contributed by atoms with Crippen molar-refractivity contribution < 1.29 is 9.59 Å². The van der Waals surface area contributed by atoms with E-state index in [0.29, 0.717) is 15.8 Å². The van der Waals surface area contributed by atoms with Gasteiger partial charge in [0.15, 0.2) is 0 Å². The maximum atomic E-state index is 12.1. The van der Waals surface area contributed by atoms with Crippen LogP contribution in [0.1, 0.15) is 31.9 Å². The molecule has 1 aliphatic heterocycles. The molecule has 8 heteroatoms. The molecular weight excluding hydrogens is 344 g/mol. The SMILES string of the molecule is Cc1cc(CC(=O)NNC(=O)c2ccc(C3SCCS3)cc2)n[nH]1. The molecule has 1 saturated heterocycles. The zero-order valence-electron chi connectivity index (χ0n) is 13.2. The van der Waals surface area contributed by atoms with Gasteiger partial charge in [-0.15, -0.1) is 23.5 Å². The Labute approximate surface area is 148 Å². The number of benzene rings is 1. The summed E-state index contributed by atoms with van der Waals surface area (Å²) in [5.41, 5.74) is 8.10. The average Bonchev–Trinajstić information content (AvgIpc) is 3.25. The van der Waals surface area contributed by atoms with E-state index in [-0.39, 0.29) is 18.2 Å². The van der Waals surface area contributed by atoms with Crippen molar-refractivity contribution in [3.63, 3.8) is 0 Å². The lowest BCUT2D eigenvalue weighted by Crippen LogP contribution is -2.42. The summed E-state index contributed by atoms with van der Waals surface area (Å²) in [6.07, 6.45) is 0.111. The largest absolute Gasteiger partial charge is 0.283 e. The summed E-state index contributed by atoms with van der Waals surface area (Å²) in [6, 6.07) is 9.30. The summed E-state index contributed by atoms with van der Waals surface area (Å²) >= 11 is 3.85. The van der Waals surface area contributed by atoms with E-state index < -0.39 is 0 Å². The fourth-order valence-electron chi connectivity index (χ4n) is 2.31. The first-order valence-electron chi connectivity index (χ1n) is 7.55. The number of hydrazine groups is 1. The lowest BCUT2D eigenvalue weighted by Gasteiger charge is -2.10. The quantitative estimate of drug-likeness (QED) is 0.726. The normalized spacial score (nSPS) is 14.5. The highest BCUT2D eigenvalue weighted by Crippen LogP contribution is 2.45. The number of carbonyl (C=O) groups is 2. The average molecular weight is 362 g/mol. The van der Waals surface area contributed by atoms with Crippen molar-refractivity contribution >= 4 is 35.3 Å². The van der Waals surface area contributed by atoms with Crippen LogP contribution in [-0.2, 0) is 11.2 Å². The molecule has 0 aliphatic carbocycles. The predicted molar refractivity (Wildman–Crippen MR) is 96.7 cm³/mol. The fourth-order valence-corrected chi connectivity index (χ4v) is 5.17. The van der Waals surface area contributed by atoms with E-state index in [0.717, 1.165) is 5.69 Å². The molecule has 1 aromatic carbocycles. The number of rotatable bonds is 4. The molecule has 2 amide bonds. The first-order chi connectivity index (χ1) is 11.6. The van der Waals surface area contributed by atoms with E-state index >= 15 is 0 Å². The van der Waals surface area contributed by atoms with Gasteiger partial charge >= 0.3 is 0 Å². The van der Waals surface area contributed by atoms with Crippen LogP contribution in [0.15, 0.2) is 30.3 Å². The highest BCUT2D eigenvalue weighted by Gasteiger charge is 2.18. The van der Waals surface area contributed by atoms with Gasteiger partial charge in [0.25, 0.3) is 5.91 Å². The maximum Gasteiger partial charge on any atom is 0.269 e. The number of amides is 2. The molecular formula is C16H18N4O2S2. The Morgan fingerprint density at radius 2 is 1.92 bits per heavy atom. The summed E-state index contributed by atoms with van der Waals surface area (Å²) < 4.78 is 0.458. The fraction of sp³-hybridized carbons (Fsp3) is 0.312. The lowest BCUT2D eigenvalue weighted by molar-refractivity contribution is -0.121. The molecule has 0 bridgehead atoms. The summed E-state index contributed by atoms with van der Waals surface area (Å²) in [5, 5.41) is 6.76. The summed E-state index contributed by atoms with van der Waals surface area (Å²) in [4.78, 5) is 23.9. The van der Waals surface area contributed by atoms with Crippen molar-refractivity contribution in [2.24, 2.45) is 0 Å². The first kappa shape index (κ1) is 16.9. The molecule has 0 atom stereocenters. The number of aryl methyl sites for hydroxylation is 1. The number of aromatic amines is 1. The second-order valence-electron chi connectivity index (χ2n) is 5.42. The minimum Gasteiger partial charge on any atom is -0.283 e. The van der Waals surface area contributed by atoms with Crippen molar-refractivity contribution in [1.29, 1.82) is 0 Å². The Morgan fingerprint density at radius 3 is 2.54 bits per heavy atom. The van der Waals surface area contributed by atoms with Crippen LogP contribution in [0.5, 0.6) is 0 Å². The van der Waals surface area contributed by atoms with Crippen LogP contribution in [-0.4, -0.2) is 33.5 Å². The van der Waals surface area contributed by atoms with Crippen LogP contribution in [0.3, 0.4) is 0 Å². The molecule has 24 heavy (non-hydrogen) atoms. The van der Waals surface area contributed by atoms with Crippen molar-refractivity contribution in [2.75, 3.05) is 11.5 Å². The monoisotopic (exact) mass is 362 g/mol. The number of carbonyl (C=O) groups excluding carboxylic acids is 2. The molecule has 1 fully saturated rings. The van der Waals surface area contributed by atoms with E-state index in [1.165, 1.54) is 17.1 Å². The van der Waals surface area contributed by atoms with Gasteiger partial charge in [-0.25, -0.2) is 0 Å². The van der Waals surface area contributed by atoms with E-state index in [9.17, 15) is 9.59 Å². The van der Waals surface area contributed by atoms with Gasteiger partial charge in [0.2, 0.25) is 5.91 Å². The van der Waals surface area contributed by atoms with Crippen molar-refractivity contribution in [1.82, 2.24) is 21.0 Å². The molecule has 3 rings (SSSR count). The Kier molecular flexibility index (Phi) is 5.47. The third-order valence-electron chi connectivity index (χ3n) is 3.48. The van der Waals surface area contributed by atoms with Crippen LogP contribution in [0.2, 0.25) is 0 Å². The maximum absolute atomic E-state index is 12.1. The number of nitrogens with zero attached hydrogens (tertiary/aromatic N) is 1. The molecule has 2 aromatic rings. The van der Waals surface area contributed by atoms with Gasteiger partial charge in [-0.05, 0) is 30.7 Å². The zero-order valence-corrected chi connectivity index (χ0v) is 14.8. The van der Waals surface area contributed by atoms with E-state index in [1.807, 2.05) is 42.6 Å². The number of hydrogen-bond acceptors (Lipinski definition) is 5. The summed E-state index contributed by atoms with van der Waals surface area (Å²) in [6.45, 7) is 1.86. The number of nitrogens with one attached hydrogen (secondary N) is 3. The number of hydrogen-bond donors (Lipinski definition) is 3. The van der Waals surface area contributed by atoms with Crippen molar-refractivity contribution in [2.45, 2.75) is 17.9 Å². The second-order valence-corrected chi connectivity index (χ2v) is 8.14. The summed E-state index contributed by atoms with van der Waals surface area (Å²) in [7, 11) is 0. The Balaban J connectivity index is 1.50. The van der Waals surface area contributed by atoms with Crippen molar-refractivity contribution in [3.05, 3.63) is 52.8 Å². The first-order valence-corrected chi connectivity index (χ1v) is 9.65. The molecule has 1 aliphatic rings. The minimum atomic E-state index is -0.333. The second kappa shape index (κ2) is 7.76. The highest BCUT2D eigenvalue weighted by molar-refractivity contribution is 8.19. The van der Waals surface area contributed by atoms with E-state index in [2.05, 4.69) is 21.0 Å². The zero-order chi connectivity index (χ0) is 16.9. The lowest BCUT2D eigenvalue weighted by atomic mass is 10.1. The van der Waals surface area contributed by atoms with Crippen molar-refractivity contribution in [3.8, 4) is 0 Å². The van der Waals surface area contributed by atoms with Crippen LogP contribution < -0.4 is 10.9 Å². The smallest absolute Gasteiger partial charge is 0.269 e. The molecule has 0 unspecified atom stereocenters. The van der Waals surface area contributed by atoms with Gasteiger partial charge in [-0.1, -0.05) is 12.1 Å². The molecule has 0 radical (unpaired) electrons. The molecule has 0 spiro atoms. The minimum absolute atomic E-state index is 0.111. The number of aromatic nitrogens is 2. The number of H-pyrrole nitrogens is 1. The van der Waals surface area contributed by atoms with Gasteiger partial charge in [0.1, 0.15) is 0 Å². The molecule has 126 valence electrons. The topological polar surface area (TPSA) is 86.9 Å². The summed E-state index contributed by atoms with van der Waals surface area (Å²) in [5.74, 6) is 1.68. The Morgan fingerprint density at radius 1 is 1.21 bits per heavy atom. The van der Waals surface area contributed by atoms with Crippen LogP contribution in [0.25, 0.3) is 0 Å². The Bertz CT molecular complexity index is 724. The molecule has 1 aromatic heterocycles. The van der Waals surface area contributed by atoms with Crippen LogP contribution >= 0.6 is 23.5 Å². The van der Waals surface area contributed by atoms with E-state index in [1.54, 1.807) is 18.2 Å². The van der Waals surface area contributed by atoms with Gasteiger partial charge in [-0.3, -0.25) is 25.5 Å². The highest BCUT2D eigenvalue weighted by atomic mass is 32.2. The van der Waals surface area contributed by atoms with Gasteiger partial charge in [0, 0.05) is 22.8 Å². The standard InChI is InChI=1S/C16H18N4O2S2/c1-10-8-13(18-17-10)9-14(21)19-20-15(22)11-2-4-12(5-3-11)16-23-6-7-24-16/h2-5,8,16H,6-7,9H2,1H3,(H,17,18)(H,19,21)(H,20,22). The third-order valence-corrected chi connectivity index (χ3v) is 6.59. The third kappa shape index (κ3) is 4.33. The Hall–Kier alpha value is -1.93. The molecule has 3 N–H and O–H groups in total. The molecule has 0 saturated carbocycles. The predicted octanol–water partition coefficient (Wildman–Crippen LogP) is 2.20. The van der Waals surface area contributed by atoms with E-state index in [4.69, 9.17) is 0 Å².